The maximum atomic E-state index is 2.51. The van der Waals surface area contributed by atoms with Gasteiger partial charge in [-0.05, 0) is 111 Å². The van der Waals surface area contributed by atoms with E-state index in [1.807, 2.05) is 0 Å². The Labute approximate surface area is 437 Å². The minimum atomic E-state index is 0.0306. The van der Waals surface area contributed by atoms with Gasteiger partial charge in [0.1, 0.15) is 0 Å². The lowest BCUT2D eigenvalue weighted by molar-refractivity contribution is 0.980. The number of aromatic nitrogens is 2. The predicted molar refractivity (Wildman–Crippen MR) is 315 cm³/mol. The fraction of sp³-hybridized carbons (Fsp3) is 0.0141. The van der Waals surface area contributed by atoms with E-state index in [0.717, 1.165) is 17.1 Å². The first-order chi connectivity index (χ1) is 37.3. The third-order valence-electron chi connectivity index (χ3n) is 15.9. The summed E-state index contributed by atoms with van der Waals surface area (Å²) in [6.45, 7) is 0.0850. The number of hydrogen-bond donors (Lipinski definition) is 0. The fourth-order valence-electron chi connectivity index (χ4n) is 12.8. The average Bonchev–Trinajstić information content (AvgIpc) is 4.03. The van der Waals surface area contributed by atoms with Gasteiger partial charge < -0.3 is 14.0 Å². The van der Waals surface area contributed by atoms with Crippen LogP contribution in [-0.4, -0.2) is 15.8 Å². The highest BCUT2D eigenvalue weighted by molar-refractivity contribution is 6.99. The molecule has 75 heavy (non-hydrogen) atoms. The van der Waals surface area contributed by atoms with Gasteiger partial charge >= 0.3 is 0 Å². The molecule has 15 rings (SSSR count). The summed E-state index contributed by atoms with van der Waals surface area (Å²) in [7, 11) is 0. The zero-order valence-electron chi connectivity index (χ0n) is 41.1. The molecule has 0 N–H and O–H groups in total. The summed E-state index contributed by atoms with van der Waals surface area (Å²) in [5.41, 5.74) is 25.9. The van der Waals surface area contributed by atoms with Crippen molar-refractivity contribution in [2.24, 2.45) is 0 Å². The van der Waals surface area contributed by atoms with Crippen molar-refractivity contribution in [2.75, 3.05) is 4.90 Å². The van der Waals surface area contributed by atoms with E-state index in [0.29, 0.717) is 0 Å². The second-order valence-corrected chi connectivity index (χ2v) is 19.9. The van der Waals surface area contributed by atoms with E-state index in [-0.39, 0.29) is 12.6 Å². The number of anilines is 3. The quantitative estimate of drug-likeness (QED) is 0.138. The first kappa shape index (κ1) is 43.0. The monoisotopic (exact) mass is 953 g/mol. The van der Waals surface area contributed by atoms with E-state index in [1.165, 1.54) is 111 Å². The van der Waals surface area contributed by atoms with Gasteiger partial charge in [-0.2, -0.15) is 0 Å². The van der Waals surface area contributed by atoms with Crippen LogP contribution in [0.5, 0.6) is 0 Å². The molecule has 4 heteroatoms. The molecule has 0 amide bonds. The number of para-hydroxylation sites is 3. The Morgan fingerprint density at radius 3 is 1.27 bits per heavy atom. The van der Waals surface area contributed by atoms with Crippen molar-refractivity contribution in [3.8, 4) is 56.1 Å². The molecule has 0 bridgehead atoms. The van der Waals surface area contributed by atoms with Gasteiger partial charge in [-0.3, -0.25) is 0 Å². The molecule has 1 unspecified atom stereocenters. The molecular weight excluding hydrogens is 906 g/mol. The van der Waals surface area contributed by atoms with Crippen LogP contribution in [0.2, 0.25) is 0 Å². The van der Waals surface area contributed by atoms with E-state index < -0.39 is 0 Å². The molecule has 13 aromatic rings. The molecule has 350 valence electrons. The number of hydrogen-bond acceptors (Lipinski definition) is 1. The van der Waals surface area contributed by atoms with Crippen molar-refractivity contribution in [1.82, 2.24) is 9.13 Å². The second kappa shape index (κ2) is 17.5. The lowest BCUT2D eigenvalue weighted by Gasteiger charge is -2.42. The number of rotatable bonds is 8. The Bertz CT molecular complexity index is 4000. The molecule has 0 fully saturated rings. The molecule has 4 heterocycles. The third kappa shape index (κ3) is 6.77. The zero-order valence-corrected chi connectivity index (χ0v) is 41.1. The molecule has 2 aromatic heterocycles. The van der Waals surface area contributed by atoms with Crippen LogP contribution in [0.25, 0.3) is 77.9 Å². The minimum absolute atomic E-state index is 0.0306. The van der Waals surface area contributed by atoms with Gasteiger partial charge in [0.2, 0.25) is 6.71 Å². The highest BCUT2D eigenvalue weighted by Gasteiger charge is 2.43. The van der Waals surface area contributed by atoms with Gasteiger partial charge in [-0.1, -0.05) is 230 Å². The predicted octanol–water partition coefficient (Wildman–Crippen LogP) is 16.0. The Morgan fingerprint density at radius 2 is 0.707 bits per heavy atom. The Balaban J connectivity index is 0.873. The van der Waals surface area contributed by atoms with Gasteiger partial charge in [0.25, 0.3) is 0 Å². The summed E-state index contributed by atoms with van der Waals surface area (Å²) < 4.78 is 4.92. The molecule has 0 radical (unpaired) electrons. The summed E-state index contributed by atoms with van der Waals surface area (Å²) in [5.74, 6) is 0.0306. The number of fused-ring (bicyclic) bond motifs is 6. The largest absolute Gasteiger partial charge is 0.312 e. The first-order valence-electron chi connectivity index (χ1n) is 26.1. The van der Waals surface area contributed by atoms with Crippen LogP contribution in [0.1, 0.15) is 22.6 Å². The van der Waals surface area contributed by atoms with Crippen LogP contribution in [-0.2, 0) is 0 Å². The van der Waals surface area contributed by atoms with Crippen molar-refractivity contribution in [3.63, 3.8) is 0 Å². The van der Waals surface area contributed by atoms with Gasteiger partial charge in [-0.15, -0.1) is 0 Å². The van der Waals surface area contributed by atoms with E-state index in [2.05, 4.69) is 299 Å². The molecule has 2 aliphatic heterocycles. The molecule has 1 atom stereocenters. The average molecular weight is 954 g/mol. The van der Waals surface area contributed by atoms with E-state index >= 15 is 0 Å². The molecule has 0 saturated carbocycles. The van der Waals surface area contributed by atoms with Gasteiger partial charge in [0, 0.05) is 56.3 Å². The van der Waals surface area contributed by atoms with Crippen molar-refractivity contribution in [2.45, 2.75) is 5.92 Å². The van der Waals surface area contributed by atoms with Crippen LogP contribution in [0.3, 0.4) is 0 Å². The van der Waals surface area contributed by atoms with Crippen LogP contribution in [0.4, 0.5) is 17.1 Å². The molecule has 3 nitrogen and oxygen atoms in total. The molecule has 0 spiro atoms. The van der Waals surface area contributed by atoms with Crippen LogP contribution in [0.15, 0.2) is 285 Å². The van der Waals surface area contributed by atoms with Gasteiger partial charge in [0.15, 0.2) is 0 Å². The highest BCUT2D eigenvalue weighted by Crippen LogP contribution is 2.47. The molecule has 2 aliphatic rings. The number of benzene rings is 11. The summed E-state index contributed by atoms with van der Waals surface area (Å²) in [6.07, 6.45) is 0. The van der Waals surface area contributed by atoms with Crippen molar-refractivity contribution in [1.29, 1.82) is 0 Å². The second-order valence-electron chi connectivity index (χ2n) is 19.9. The fourth-order valence-corrected chi connectivity index (χ4v) is 12.8. The maximum absolute atomic E-state index is 2.51. The summed E-state index contributed by atoms with van der Waals surface area (Å²) in [6, 6.07) is 105. The van der Waals surface area contributed by atoms with Crippen molar-refractivity contribution in [3.05, 3.63) is 302 Å². The van der Waals surface area contributed by atoms with Crippen LogP contribution >= 0.6 is 0 Å². The molecular formula is C71H48BN3. The summed E-state index contributed by atoms with van der Waals surface area (Å²) in [4.78, 5) is 2.51. The summed E-state index contributed by atoms with van der Waals surface area (Å²) in [5, 5.41) is 2.47. The topological polar surface area (TPSA) is 13.1 Å². The smallest absolute Gasteiger partial charge is 0.247 e. The molecule has 0 aliphatic carbocycles. The number of nitrogens with zero attached hydrogens (tertiary/aromatic N) is 3. The van der Waals surface area contributed by atoms with Crippen molar-refractivity contribution < 1.29 is 0 Å². The Kier molecular flexibility index (Phi) is 10.1. The van der Waals surface area contributed by atoms with Gasteiger partial charge in [0.05, 0.1) is 22.4 Å². The SMILES string of the molecule is c1ccc(-c2c(-c3ccccc3)n(-c3ccc(C4c5ccccc5B5c6ccccc6N(c6ccc(-n7c(-c8ccccc8)c(-c8ccccc8)c8ccccc87)cc6)c6cccc4c65)cc3)c3ccccc23)cc1. The molecule has 0 saturated heterocycles. The van der Waals surface area contributed by atoms with E-state index in [1.54, 1.807) is 0 Å². The lowest BCUT2D eigenvalue weighted by Crippen LogP contribution is -2.61. The van der Waals surface area contributed by atoms with Crippen LogP contribution in [0, 0.1) is 0 Å². The zero-order chi connectivity index (χ0) is 49.4. The maximum Gasteiger partial charge on any atom is 0.247 e. The summed E-state index contributed by atoms with van der Waals surface area (Å²) >= 11 is 0. The molecule has 11 aromatic carbocycles. The van der Waals surface area contributed by atoms with Crippen LogP contribution < -0.4 is 21.3 Å². The van der Waals surface area contributed by atoms with E-state index in [9.17, 15) is 0 Å². The highest BCUT2D eigenvalue weighted by atomic mass is 15.2. The van der Waals surface area contributed by atoms with E-state index in [4.69, 9.17) is 0 Å². The minimum Gasteiger partial charge on any atom is -0.312 e. The van der Waals surface area contributed by atoms with Crippen molar-refractivity contribution >= 4 is 62.0 Å². The first-order valence-corrected chi connectivity index (χ1v) is 26.1. The standard InChI is InChI=1S/C71H48BN3/c1-5-22-48(23-6-1)67-57-31-14-18-36-62(57)74(70(67)51-26-9-3-10-27-51)54-42-40-50(41-43-54)66-56-30-13-16-34-60(56)72-61-35-17-20-38-64(61)73(65-39-21-33-59(66)69(65)72)53-44-46-55(47-45-53)75-63-37-19-15-32-58(63)68(49-24-7-2-8-25-49)71(75)52-28-11-4-12-29-52/h1-47,66H. The lowest BCUT2D eigenvalue weighted by atomic mass is 9.31. The normalized spacial score (nSPS) is 13.4. The Hall–Kier alpha value is -9.64. The van der Waals surface area contributed by atoms with Gasteiger partial charge in [-0.25, -0.2) is 0 Å². The third-order valence-corrected chi connectivity index (χ3v) is 15.9. The Morgan fingerprint density at radius 1 is 0.293 bits per heavy atom.